The van der Waals surface area contributed by atoms with Crippen molar-refractivity contribution in [1.29, 1.82) is 0 Å². The number of halogens is 1. The SMILES string of the molecule is CCCCCC(O)c1c(O)cc2cc3cc(O)c(Cl)c(O)c3cc2c1O. The maximum Gasteiger partial charge on any atom is 0.145 e. The second kappa shape index (κ2) is 7.09. The maximum atomic E-state index is 10.6. The molecule has 5 N–H and O–H groups in total. The first-order valence-electron chi connectivity index (χ1n) is 8.56. The molecule has 138 valence electrons. The molecule has 0 heterocycles. The Morgan fingerprint density at radius 1 is 0.846 bits per heavy atom. The summed E-state index contributed by atoms with van der Waals surface area (Å²) >= 11 is 5.88. The predicted octanol–water partition coefficient (Wildman–Crippen LogP) is 5.08. The van der Waals surface area contributed by atoms with Gasteiger partial charge in [-0.3, -0.25) is 0 Å². The van der Waals surface area contributed by atoms with Gasteiger partial charge in [-0.15, -0.1) is 0 Å². The van der Waals surface area contributed by atoms with Crippen LogP contribution in [0.15, 0.2) is 24.3 Å². The molecule has 0 radical (unpaired) electrons. The summed E-state index contributed by atoms with van der Waals surface area (Å²) in [5.41, 5.74) is 0.0809. The lowest BCUT2D eigenvalue weighted by Crippen LogP contribution is -1.99. The van der Waals surface area contributed by atoms with Crippen molar-refractivity contribution in [3.05, 3.63) is 34.9 Å². The minimum atomic E-state index is -0.987. The average molecular weight is 377 g/mol. The second-order valence-electron chi connectivity index (χ2n) is 6.52. The Balaban J connectivity index is 2.19. The van der Waals surface area contributed by atoms with E-state index < -0.39 is 6.10 Å². The van der Waals surface area contributed by atoms with Gasteiger partial charge in [0.2, 0.25) is 0 Å². The Kier molecular flexibility index (Phi) is 5.03. The van der Waals surface area contributed by atoms with Crippen molar-refractivity contribution in [2.75, 3.05) is 0 Å². The van der Waals surface area contributed by atoms with E-state index in [1.807, 2.05) is 0 Å². The minimum Gasteiger partial charge on any atom is -0.507 e. The molecule has 3 aromatic rings. The van der Waals surface area contributed by atoms with E-state index >= 15 is 0 Å². The van der Waals surface area contributed by atoms with E-state index in [1.54, 1.807) is 6.07 Å². The third kappa shape index (κ3) is 3.08. The number of rotatable bonds is 5. The third-order valence-corrected chi connectivity index (χ3v) is 5.07. The Hall–Kier alpha value is -2.37. The first kappa shape index (κ1) is 18.4. The van der Waals surface area contributed by atoms with E-state index in [0.29, 0.717) is 28.0 Å². The molecule has 0 aliphatic rings. The van der Waals surface area contributed by atoms with Crippen molar-refractivity contribution in [3.63, 3.8) is 0 Å². The van der Waals surface area contributed by atoms with Crippen molar-refractivity contribution in [2.45, 2.75) is 38.7 Å². The number of phenols is 4. The van der Waals surface area contributed by atoms with Crippen LogP contribution in [-0.4, -0.2) is 25.5 Å². The zero-order chi connectivity index (χ0) is 19.0. The fraction of sp³-hybridized carbons (Fsp3) is 0.300. The summed E-state index contributed by atoms with van der Waals surface area (Å²) in [6, 6.07) is 6.00. The molecular formula is C20H21ClO5. The van der Waals surface area contributed by atoms with E-state index in [-0.39, 0.29) is 33.6 Å². The molecule has 1 unspecified atom stereocenters. The van der Waals surface area contributed by atoms with Gasteiger partial charge in [0, 0.05) is 10.8 Å². The lowest BCUT2D eigenvalue weighted by atomic mass is 9.95. The third-order valence-electron chi connectivity index (χ3n) is 4.69. The van der Waals surface area contributed by atoms with Crippen LogP contribution in [0.3, 0.4) is 0 Å². The first-order chi connectivity index (χ1) is 12.3. The maximum absolute atomic E-state index is 10.6. The standard InChI is InChI=1S/C20H21ClO5/c1-2-3-4-5-14(22)17-15(23)7-10-6-11-8-16(24)18(21)20(26)13(11)9-12(10)19(17)25/h6-9,14,22-26H,2-5H2,1H3. The molecule has 0 saturated carbocycles. The quantitative estimate of drug-likeness (QED) is 0.315. The molecule has 0 aliphatic heterocycles. The van der Waals surface area contributed by atoms with Crippen molar-refractivity contribution >= 4 is 33.1 Å². The molecular weight excluding hydrogens is 356 g/mol. The van der Waals surface area contributed by atoms with Crippen molar-refractivity contribution < 1.29 is 25.5 Å². The topological polar surface area (TPSA) is 101 Å². The van der Waals surface area contributed by atoms with Crippen LogP contribution >= 0.6 is 11.6 Å². The number of aromatic hydroxyl groups is 4. The molecule has 5 nitrogen and oxygen atoms in total. The number of aliphatic hydroxyl groups is 1. The molecule has 0 bridgehead atoms. The van der Waals surface area contributed by atoms with Crippen LogP contribution in [0.4, 0.5) is 0 Å². The van der Waals surface area contributed by atoms with Crippen molar-refractivity contribution in [3.8, 4) is 23.0 Å². The summed E-state index contributed by atoms with van der Waals surface area (Å²) in [4.78, 5) is 0. The Labute approximate surface area is 155 Å². The van der Waals surface area contributed by atoms with Crippen molar-refractivity contribution in [2.24, 2.45) is 0 Å². The second-order valence-corrected chi connectivity index (χ2v) is 6.90. The van der Waals surface area contributed by atoms with E-state index in [4.69, 9.17) is 11.6 Å². The fourth-order valence-electron chi connectivity index (χ4n) is 3.29. The minimum absolute atomic E-state index is 0.0809. The fourth-order valence-corrected chi connectivity index (χ4v) is 3.44. The van der Waals surface area contributed by atoms with E-state index in [1.165, 1.54) is 18.2 Å². The average Bonchev–Trinajstić information content (AvgIpc) is 2.59. The smallest absolute Gasteiger partial charge is 0.145 e. The number of hydrogen-bond donors (Lipinski definition) is 5. The molecule has 0 amide bonds. The van der Waals surface area contributed by atoms with Gasteiger partial charge in [0.1, 0.15) is 28.0 Å². The number of benzene rings is 3. The van der Waals surface area contributed by atoms with Gasteiger partial charge in [-0.2, -0.15) is 0 Å². The summed E-state index contributed by atoms with van der Waals surface area (Å²) in [6.07, 6.45) is 2.17. The van der Waals surface area contributed by atoms with E-state index in [2.05, 4.69) is 6.92 Å². The highest BCUT2D eigenvalue weighted by molar-refractivity contribution is 6.35. The first-order valence-corrected chi connectivity index (χ1v) is 8.93. The van der Waals surface area contributed by atoms with Gasteiger partial charge in [-0.05, 0) is 41.5 Å². The Morgan fingerprint density at radius 3 is 2.12 bits per heavy atom. The highest BCUT2D eigenvalue weighted by Gasteiger charge is 2.21. The molecule has 0 spiro atoms. The highest BCUT2D eigenvalue weighted by atomic mass is 35.5. The Morgan fingerprint density at radius 2 is 1.46 bits per heavy atom. The number of unbranched alkanes of at least 4 members (excludes halogenated alkanes) is 2. The molecule has 0 saturated heterocycles. The predicted molar refractivity (Wildman–Crippen MR) is 102 cm³/mol. The molecule has 1 atom stereocenters. The Bertz CT molecular complexity index is 983. The van der Waals surface area contributed by atoms with Gasteiger partial charge in [-0.25, -0.2) is 0 Å². The number of fused-ring (bicyclic) bond motifs is 2. The molecule has 3 aromatic carbocycles. The molecule has 3 rings (SSSR count). The van der Waals surface area contributed by atoms with Gasteiger partial charge in [0.15, 0.2) is 0 Å². The van der Waals surface area contributed by atoms with Gasteiger partial charge < -0.3 is 25.5 Å². The summed E-state index contributed by atoms with van der Waals surface area (Å²) < 4.78 is 0. The molecule has 0 fully saturated rings. The normalized spacial score (nSPS) is 12.7. The van der Waals surface area contributed by atoms with E-state index in [0.717, 1.165) is 19.3 Å². The van der Waals surface area contributed by atoms with Crippen LogP contribution in [0.5, 0.6) is 23.0 Å². The van der Waals surface area contributed by atoms with Crippen LogP contribution in [-0.2, 0) is 0 Å². The number of aliphatic hydroxyl groups excluding tert-OH is 1. The zero-order valence-electron chi connectivity index (χ0n) is 14.3. The van der Waals surface area contributed by atoms with Crippen LogP contribution < -0.4 is 0 Å². The number of hydrogen-bond acceptors (Lipinski definition) is 5. The zero-order valence-corrected chi connectivity index (χ0v) is 15.1. The monoisotopic (exact) mass is 376 g/mol. The van der Waals surface area contributed by atoms with Gasteiger partial charge in [0.05, 0.1) is 11.7 Å². The lowest BCUT2D eigenvalue weighted by Gasteiger charge is -2.17. The van der Waals surface area contributed by atoms with Crippen LogP contribution in [0.25, 0.3) is 21.5 Å². The number of phenolic OH excluding ortho intramolecular Hbond substituents is 4. The summed E-state index contributed by atoms with van der Waals surface area (Å²) in [6.45, 7) is 2.05. The summed E-state index contributed by atoms with van der Waals surface area (Å²) in [7, 11) is 0. The summed E-state index contributed by atoms with van der Waals surface area (Å²) in [5, 5.41) is 52.9. The van der Waals surface area contributed by atoms with Crippen LogP contribution in [0.1, 0.15) is 44.3 Å². The van der Waals surface area contributed by atoms with E-state index in [9.17, 15) is 25.5 Å². The van der Waals surface area contributed by atoms with Gasteiger partial charge in [0.25, 0.3) is 0 Å². The van der Waals surface area contributed by atoms with Crippen molar-refractivity contribution in [1.82, 2.24) is 0 Å². The highest BCUT2D eigenvalue weighted by Crippen LogP contribution is 2.45. The van der Waals surface area contributed by atoms with Crippen LogP contribution in [0, 0.1) is 0 Å². The molecule has 26 heavy (non-hydrogen) atoms. The molecule has 0 aliphatic carbocycles. The largest absolute Gasteiger partial charge is 0.507 e. The van der Waals surface area contributed by atoms with Gasteiger partial charge >= 0.3 is 0 Å². The lowest BCUT2D eigenvalue weighted by molar-refractivity contribution is 0.156. The molecule has 6 heteroatoms. The van der Waals surface area contributed by atoms with Gasteiger partial charge in [-0.1, -0.05) is 37.8 Å². The summed E-state index contributed by atoms with van der Waals surface area (Å²) in [5.74, 6) is -0.969. The van der Waals surface area contributed by atoms with Crippen LogP contribution in [0.2, 0.25) is 5.02 Å². The molecule has 0 aromatic heterocycles.